The molecule has 3 nitrogen and oxygen atoms in total. The van der Waals surface area contributed by atoms with Gasteiger partial charge >= 0.3 is 0 Å². The molecule has 25 heavy (non-hydrogen) atoms. The predicted molar refractivity (Wildman–Crippen MR) is 106 cm³/mol. The fraction of sp³-hybridized carbons (Fsp3) is 0.333. The van der Waals surface area contributed by atoms with Crippen LogP contribution in [0.3, 0.4) is 0 Å². The van der Waals surface area contributed by atoms with Gasteiger partial charge in [0, 0.05) is 17.9 Å². The van der Waals surface area contributed by atoms with Crippen LogP contribution in [0.25, 0.3) is 11.4 Å². The first-order valence-corrected chi connectivity index (χ1v) is 9.79. The summed E-state index contributed by atoms with van der Waals surface area (Å²) in [4.78, 5) is 0. The summed E-state index contributed by atoms with van der Waals surface area (Å²) in [5.41, 5.74) is 5.14. The van der Waals surface area contributed by atoms with Gasteiger partial charge in [-0.3, -0.25) is 0 Å². The fourth-order valence-electron chi connectivity index (χ4n) is 2.83. The molecule has 0 amide bonds. The molecule has 130 valence electrons. The summed E-state index contributed by atoms with van der Waals surface area (Å²) in [6.45, 7) is 9.59. The molecule has 0 aliphatic rings. The molecule has 0 aliphatic carbocycles. The van der Waals surface area contributed by atoms with E-state index < -0.39 is 0 Å². The summed E-state index contributed by atoms with van der Waals surface area (Å²) in [6, 6.07) is 17.2. The Labute approximate surface area is 154 Å². The Hall–Kier alpha value is -2.07. The van der Waals surface area contributed by atoms with E-state index in [1.807, 2.05) is 0 Å². The fourth-order valence-corrected chi connectivity index (χ4v) is 3.90. The Morgan fingerprint density at radius 2 is 1.72 bits per heavy atom. The molecule has 4 heteroatoms. The van der Waals surface area contributed by atoms with Crippen molar-refractivity contribution in [1.29, 1.82) is 0 Å². The second-order valence-electron chi connectivity index (χ2n) is 6.54. The molecule has 1 heterocycles. The first-order chi connectivity index (χ1) is 12.1. The molecular formula is C21H25N3S. The average molecular weight is 352 g/mol. The summed E-state index contributed by atoms with van der Waals surface area (Å²) < 4.78 is 2.20. The highest BCUT2D eigenvalue weighted by Gasteiger charge is 2.14. The van der Waals surface area contributed by atoms with Crippen LogP contribution in [-0.4, -0.2) is 14.8 Å². The zero-order valence-electron chi connectivity index (χ0n) is 15.4. The van der Waals surface area contributed by atoms with E-state index in [-0.39, 0.29) is 0 Å². The third-order valence-electron chi connectivity index (χ3n) is 4.49. The standard InChI is InChI=1S/C21H25N3S/c1-5-24-20(18-12-10-17(11-13-18)15(2)3)22-23-21(24)25-14-19-9-7-6-8-16(19)4/h6-13,15H,5,14H2,1-4H3. The van der Waals surface area contributed by atoms with Crippen molar-refractivity contribution >= 4 is 11.8 Å². The van der Waals surface area contributed by atoms with E-state index in [1.165, 1.54) is 16.7 Å². The van der Waals surface area contributed by atoms with Crippen molar-refractivity contribution < 1.29 is 0 Å². The lowest BCUT2D eigenvalue weighted by Gasteiger charge is -2.10. The number of benzene rings is 2. The summed E-state index contributed by atoms with van der Waals surface area (Å²) in [5.74, 6) is 2.40. The first-order valence-electron chi connectivity index (χ1n) is 8.81. The number of rotatable bonds is 6. The summed E-state index contributed by atoms with van der Waals surface area (Å²) >= 11 is 1.75. The van der Waals surface area contributed by atoms with Gasteiger partial charge in [0.2, 0.25) is 0 Å². The second-order valence-corrected chi connectivity index (χ2v) is 7.48. The molecule has 0 fully saturated rings. The van der Waals surface area contributed by atoms with Gasteiger partial charge in [0.15, 0.2) is 11.0 Å². The van der Waals surface area contributed by atoms with Crippen molar-refractivity contribution in [3.63, 3.8) is 0 Å². The number of nitrogens with zero attached hydrogens (tertiary/aromatic N) is 3. The zero-order valence-corrected chi connectivity index (χ0v) is 16.2. The van der Waals surface area contributed by atoms with Crippen molar-refractivity contribution in [2.24, 2.45) is 0 Å². The van der Waals surface area contributed by atoms with Crippen LogP contribution in [-0.2, 0) is 12.3 Å². The minimum absolute atomic E-state index is 0.540. The molecule has 0 saturated heterocycles. The van der Waals surface area contributed by atoms with Crippen LogP contribution in [0.2, 0.25) is 0 Å². The lowest BCUT2D eigenvalue weighted by molar-refractivity contribution is 0.687. The van der Waals surface area contributed by atoms with E-state index in [0.29, 0.717) is 5.92 Å². The van der Waals surface area contributed by atoms with Gasteiger partial charge in [-0.05, 0) is 36.5 Å². The molecule has 2 aromatic carbocycles. The van der Waals surface area contributed by atoms with Gasteiger partial charge in [0.1, 0.15) is 0 Å². The summed E-state index contributed by atoms with van der Waals surface area (Å²) in [6.07, 6.45) is 0. The number of hydrogen-bond acceptors (Lipinski definition) is 3. The van der Waals surface area contributed by atoms with E-state index in [0.717, 1.165) is 28.8 Å². The van der Waals surface area contributed by atoms with E-state index in [1.54, 1.807) is 11.8 Å². The molecule has 0 atom stereocenters. The average Bonchev–Trinajstić information content (AvgIpc) is 3.04. The van der Waals surface area contributed by atoms with Gasteiger partial charge in [-0.15, -0.1) is 10.2 Å². The van der Waals surface area contributed by atoms with Gasteiger partial charge in [-0.2, -0.15) is 0 Å². The third-order valence-corrected chi connectivity index (χ3v) is 5.50. The molecule has 0 saturated carbocycles. The predicted octanol–water partition coefficient (Wildman–Crippen LogP) is 5.69. The molecule has 1 aromatic heterocycles. The minimum atomic E-state index is 0.540. The smallest absolute Gasteiger partial charge is 0.191 e. The van der Waals surface area contributed by atoms with Crippen molar-refractivity contribution in [2.75, 3.05) is 0 Å². The van der Waals surface area contributed by atoms with Gasteiger partial charge in [0.25, 0.3) is 0 Å². The van der Waals surface area contributed by atoms with Crippen molar-refractivity contribution in [3.8, 4) is 11.4 Å². The molecule has 3 rings (SSSR count). The molecule has 0 spiro atoms. The largest absolute Gasteiger partial charge is 0.302 e. The Morgan fingerprint density at radius 3 is 2.36 bits per heavy atom. The van der Waals surface area contributed by atoms with Gasteiger partial charge in [-0.25, -0.2) is 0 Å². The van der Waals surface area contributed by atoms with Crippen LogP contribution in [0, 0.1) is 6.92 Å². The summed E-state index contributed by atoms with van der Waals surface area (Å²) in [5, 5.41) is 9.88. The lowest BCUT2D eigenvalue weighted by atomic mass is 10.0. The summed E-state index contributed by atoms with van der Waals surface area (Å²) in [7, 11) is 0. The molecule has 0 aliphatic heterocycles. The van der Waals surface area contributed by atoms with Gasteiger partial charge in [-0.1, -0.05) is 74.1 Å². The topological polar surface area (TPSA) is 30.7 Å². The normalized spacial score (nSPS) is 11.2. The van der Waals surface area contributed by atoms with Crippen LogP contribution in [0.4, 0.5) is 0 Å². The van der Waals surface area contributed by atoms with Gasteiger partial charge < -0.3 is 4.57 Å². The quantitative estimate of drug-likeness (QED) is 0.535. The molecule has 0 N–H and O–H groups in total. The number of hydrogen-bond donors (Lipinski definition) is 0. The highest BCUT2D eigenvalue weighted by Crippen LogP contribution is 2.28. The van der Waals surface area contributed by atoms with Crippen LogP contribution < -0.4 is 0 Å². The maximum atomic E-state index is 4.46. The second kappa shape index (κ2) is 7.87. The maximum absolute atomic E-state index is 4.46. The Kier molecular flexibility index (Phi) is 5.59. The zero-order chi connectivity index (χ0) is 17.8. The van der Waals surface area contributed by atoms with Crippen molar-refractivity contribution in [3.05, 3.63) is 65.2 Å². The van der Waals surface area contributed by atoms with E-state index in [4.69, 9.17) is 0 Å². The molecule has 0 radical (unpaired) electrons. The Morgan fingerprint density at radius 1 is 1.00 bits per heavy atom. The highest BCUT2D eigenvalue weighted by molar-refractivity contribution is 7.98. The number of thioether (sulfide) groups is 1. The van der Waals surface area contributed by atoms with Crippen LogP contribution in [0.5, 0.6) is 0 Å². The number of aryl methyl sites for hydroxylation is 1. The van der Waals surface area contributed by atoms with Crippen LogP contribution in [0.1, 0.15) is 43.4 Å². The van der Waals surface area contributed by atoms with E-state index >= 15 is 0 Å². The van der Waals surface area contributed by atoms with E-state index in [9.17, 15) is 0 Å². The highest BCUT2D eigenvalue weighted by atomic mass is 32.2. The lowest BCUT2D eigenvalue weighted by Crippen LogP contribution is -2.00. The van der Waals surface area contributed by atoms with Crippen molar-refractivity contribution in [2.45, 2.75) is 51.1 Å². The minimum Gasteiger partial charge on any atom is -0.302 e. The Balaban J connectivity index is 1.82. The van der Waals surface area contributed by atoms with Gasteiger partial charge in [0.05, 0.1) is 0 Å². The van der Waals surface area contributed by atoms with E-state index in [2.05, 4.69) is 91.0 Å². The van der Waals surface area contributed by atoms with Crippen LogP contribution >= 0.6 is 11.8 Å². The van der Waals surface area contributed by atoms with Crippen molar-refractivity contribution in [1.82, 2.24) is 14.8 Å². The molecule has 0 bridgehead atoms. The molecule has 3 aromatic rings. The maximum Gasteiger partial charge on any atom is 0.191 e. The van der Waals surface area contributed by atoms with Crippen LogP contribution in [0.15, 0.2) is 53.7 Å². The third kappa shape index (κ3) is 3.96. The first kappa shape index (κ1) is 17.7. The Bertz CT molecular complexity index is 835. The molecule has 0 unspecified atom stereocenters. The monoisotopic (exact) mass is 351 g/mol. The SMILES string of the molecule is CCn1c(SCc2ccccc2C)nnc1-c1ccc(C(C)C)cc1. The molecular weight excluding hydrogens is 326 g/mol. The number of aromatic nitrogens is 3.